The van der Waals surface area contributed by atoms with Crippen molar-refractivity contribution in [2.75, 3.05) is 6.61 Å². The Morgan fingerprint density at radius 1 is 0.935 bits per heavy atom. The first kappa shape index (κ1) is 22.0. The van der Waals surface area contributed by atoms with Gasteiger partial charge in [0.1, 0.15) is 0 Å². The molecule has 0 saturated carbocycles. The van der Waals surface area contributed by atoms with Crippen LogP contribution in [0.25, 0.3) is 0 Å². The van der Waals surface area contributed by atoms with E-state index >= 15 is 0 Å². The third-order valence-electron chi connectivity index (χ3n) is 5.23. The third kappa shape index (κ3) is 4.72. The van der Waals surface area contributed by atoms with Crippen molar-refractivity contribution in [2.45, 2.75) is 27.3 Å². The summed E-state index contributed by atoms with van der Waals surface area (Å²) in [5.74, 6) is -1.27. The highest BCUT2D eigenvalue weighted by Gasteiger charge is 2.21. The van der Waals surface area contributed by atoms with Crippen molar-refractivity contribution in [3.05, 3.63) is 106 Å². The average molecular weight is 415 g/mol. The third-order valence-corrected chi connectivity index (χ3v) is 5.23. The van der Waals surface area contributed by atoms with Gasteiger partial charge in [0.25, 0.3) is 0 Å². The maximum absolute atomic E-state index is 12.9. The van der Waals surface area contributed by atoms with Crippen LogP contribution in [-0.2, 0) is 11.3 Å². The summed E-state index contributed by atoms with van der Waals surface area (Å²) in [6.07, 6.45) is 1.76. The fourth-order valence-electron chi connectivity index (χ4n) is 3.50. The van der Waals surface area contributed by atoms with Crippen molar-refractivity contribution < 1.29 is 19.1 Å². The van der Waals surface area contributed by atoms with Crippen molar-refractivity contribution in [2.24, 2.45) is 0 Å². The Bertz CT molecular complexity index is 1150. The molecule has 2 aromatic carbocycles. The topological polar surface area (TPSA) is 65.4 Å². The normalized spacial score (nSPS) is 10.5. The van der Waals surface area contributed by atoms with Crippen LogP contribution in [0.15, 0.2) is 67.3 Å². The zero-order valence-electron chi connectivity index (χ0n) is 18.0. The van der Waals surface area contributed by atoms with Gasteiger partial charge in [-0.15, -0.1) is 6.58 Å². The molecule has 0 fully saturated rings. The van der Waals surface area contributed by atoms with Gasteiger partial charge in [0.2, 0.25) is 5.78 Å². The smallest absolute Gasteiger partial charge is 0.339 e. The van der Waals surface area contributed by atoms with Gasteiger partial charge >= 0.3 is 5.97 Å². The van der Waals surface area contributed by atoms with Crippen LogP contribution in [0.1, 0.15) is 53.6 Å². The number of nitrogens with zero attached hydrogens (tertiary/aromatic N) is 1. The lowest BCUT2D eigenvalue weighted by Crippen LogP contribution is -2.17. The molecule has 0 N–H and O–H groups in total. The molecule has 0 saturated heterocycles. The summed E-state index contributed by atoms with van der Waals surface area (Å²) in [5, 5.41) is 0. The van der Waals surface area contributed by atoms with Gasteiger partial charge in [-0.25, -0.2) is 4.79 Å². The summed E-state index contributed by atoms with van der Waals surface area (Å²) in [6, 6.07) is 15.4. The van der Waals surface area contributed by atoms with E-state index in [1.807, 2.05) is 37.5 Å². The highest BCUT2D eigenvalue weighted by molar-refractivity contribution is 6.14. The SMILES string of the molecule is C=CCn1c(C)cc(C(=O)COC(=O)c2ccccc2C(=O)c2ccc(C)cc2)c1C. The fourth-order valence-corrected chi connectivity index (χ4v) is 3.50. The molecule has 31 heavy (non-hydrogen) atoms. The highest BCUT2D eigenvalue weighted by atomic mass is 16.5. The second kappa shape index (κ2) is 9.39. The van der Waals surface area contributed by atoms with Crippen LogP contribution >= 0.6 is 0 Å². The minimum atomic E-state index is -0.704. The Morgan fingerprint density at radius 2 is 1.58 bits per heavy atom. The van der Waals surface area contributed by atoms with Crippen LogP contribution < -0.4 is 0 Å². The number of esters is 1. The quantitative estimate of drug-likeness (QED) is 0.299. The summed E-state index contributed by atoms with van der Waals surface area (Å²) < 4.78 is 7.25. The summed E-state index contributed by atoms with van der Waals surface area (Å²) in [7, 11) is 0. The molecule has 5 nitrogen and oxygen atoms in total. The summed E-state index contributed by atoms with van der Waals surface area (Å²) in [6.45, 7) is 9.62. The largest absolute Gasteiger partial charge is 0.454 e. The lowest BCUT2D eigenvalue weighted by molar-refractivity contribution is 0.0472. The number of carbonyl (C=O) groups is 3. The molecule has 0 spiro atoms. The molecular formula is C26H25NO4. The van der Waals surface area contributed by atoms with E-state index in [9.17, 15) is 14.4 Å². The van der Waals surface area contributed by atoms with E-state index < -0.39 is 12.6 Å². The molecule has 0 bridgehead atoms. The molecule has 3 rings (SSSR count). The van der Waals surface area contributed by atoms with E-state index in [4.69, 9.17) is 4.74 Å². The number of aryl methyl sites for hydroxylation is 2. The van der Waals surface area contributed by atoms with Crippen molar-refractivity contribution in [1.29, 1.82) is 0 Å². The molecule has 0 aliphatic heterocycles. The minimum Gasteiger partial charge on any atom is -0.454 e. The monoisotopic (exact) mass is 415 g/mol. The lowest BCUT2D eigenvalue weighted by Gasteiger charge is -2.09. The fraction of sp³-hybridized carbons (Fsp3) is 0.192. The second-order valence-corrected chi connectivity index (χ2v) is 7.42. The van der Waals surface area contributed by atoms with Gasteiger partial charge in [-0.3, -0.25) is 9.59 Å². The molecule has 0 radical (unpaired) electrons. The molecule has 1 aromatic heterocycles. The summed E-state index contributed by atoms with van der Waals surface area (Å²) in [4.78, 5) is 38.3. The van der Waals surface area contributed by atoms with E-state index in [0.717, 1.165) is 17.0 Å². The predicted octanol–water partition coefficient (Wildman–Crippen LogP) is 4.87. The predicted molar refractivity (Wildman–Crippen MR) is 120 cm³/mol. The van der Waals surface area contributed by atoms with Gasteiger partial charge in [0.15, 0.2) is 12.4 Å². The van der Waals surface area contributed by atoms with Gasteiger partial charge in [0.05, 0.1) is 5.56 Å². The first-order chi connectivity index (χ1) is 14.8. The van der Waals surface area contributed by atoms with Crippen LogP contribution in [0.3, 0.4) is 0 Å². The number of allylic oxidation sites excluding steroid dienone is 1. The number of rotatable bonds is 8. The van der Waals surface area contributed by atoms with Crippen LogP contribution in [-0.4, -0.2) is 28.7 Å². The Kier molecular flexibility index (Phi) is 6.65. The number of Topliss-reactive ketones (excluding diaryl/α,β-unsaturated/α-hetero) is 1. The Hall–Kier alpha value is -3.73. The van der Waals surface area contributed by atoms with Crippen LogP contribution in [0.5, 0.6) is 0 Å². The Balaban J connectivity index is 1.77. The van der Waals surface area contributed by atoms with Crippen LogP contribution in [0.4, 0.5) is 0 Å². The van der Waals surface area contributed by atoms with Crippen molar-refractivity contribution in [3.63, 3.8) is 0 Å². The minimum absolute atomic E-state index is 0.137. The Labute approximate surface area is 182 Å². The zero-order chi connectivity index (χ0) is 22.5. The van der Waals surface area contributed by atoms with Crippen molar-refractivity contribution in [1.82, 2.24) is 4.57 Å². The van der Waals surface area contributed by atoms with Gasteiger partial charge in [-0.1, -0.05) is 54.1 Å². The number of benzene rings is 2. The molecule has 1 heterocycles. The van der Waals surface area contributed by atoms with Gasteiger partial charge in [-0.2, -0.15) is 0 Å². The molecule has 0 aliphatic carbocycles. The molecule has 3 aromatic rings. The average Bonchev–Trinajstić information content (AvgIpc) is 3.06. The molecule has 0 atom stereocenters. The van der Waals surface area contributed by atoms with E-state index in [1.165, 1.54) is 6.07 Å². The van der Waals surface area contributed by atoms with E-state index in [2.05, 4.69) is 6.58 Å². The number of ether oxygens (including phenoxy) is 1. The van der Waals surface area contributed by atoms with Crippen LogP contribution in [0, 0.1) is 20.8 Å². The van der Waals surface area contributed by atoms with Gasteiger partial charge < -0.3 is 9.30 Å². The zero-order valence-corrected chi connectivity index (χ0v) is 18.0. The number of hydrogen-bond donors (Lipinski definition) is 0. The molecule has 0 amide bonds. The first-order valence-corrected chi connectivity index (χ1v) is 10.0. The second-order valence-electron chi connectivity index (χ2n) is 7.42. The number of aromatic nitrogens is 1. The summed E-state index contributed by atoms with van der Waals surface area (Å²) in [5.41, 5.74) is 4.14. The number of ketones is 2. The maximum atomic E-state index is 12.9. The number of carbonyl (C=O) groups excluding carboxylic acids is 3. The van der Waals surface area contributed by atoms with E-state index in [-0.39, 0.29) is 22.7 Å². The first-order valence-electron chi connectivity index (χ1n) is 10.0. The van der Waals surface area contributed by atoms with E-state index in [0.29, 0.717) is 17.7 Å². The van der Waals surface area contributed by atoms with Gasteiger partial charge in [0, 0.05) is 34.6 Å². The number of hydrogen-bond acceptors (Lipinski definition) is 4. The standard InChI is InChI=1S/C26H25NO4/c1-5-14-27-18(3)15-23(19(27)4)24(28)16-31-26(30)22-9-7-6-8-21(22)25(29)20-12-10-17(2)11-13-20/h5-13,15H,1,14,16H2,2-4H3. The molecular weight excluding hydrogens is 390 g/mol. The van der Waals surface area contributed by atoms with Crippen molar-refractivity contribution in [3.8, 4) is 0 Å². The molecule has 158 valence electrons. The van der Waals surface area contributed by atoms with Crippen molar-refractivity contribution >= 4 is 17.5 Å². The molecule has 5 heteroatoms. The Morgan fingerprint density at radius 3 is 2.23 bits per heavy atom. The molecule has 0 unspecified atom stereocenters. The lowest BCUT2D eigenvalue weighted by atomic mass is 9.98. The maximum Gasteiger partial charge on any atom is 0.339 e. The van der Waals surface area contributed by atoms with Crippen LogP contribution in [0.2, 0.25) is 0 Å². The highest BCUT2D eigenvalue weighted by Crippen LogP contribution is 2.18. The molecule has 0 aliphatic rings. The van der Waals surface area contributed by atoms with E-state index in [1.54, 1.807) is 42.5 Å². The summed E-state index contributed by atoms with van der Waals surface area (Å²) >= 11 is 0. The van der Waals surface area contributed by atoms with Gasteiger partial charge in [-0.05, 0) is 32.9 Å².